The zero-order chi connectivity index (χ0) is 26.0. The van der Waals surface area contributed by atoms with Crippen LogP contribution in [0, 0.1) is 41.4 Å². The minimum Gasteiger partial charge on any atom is -0.403 e. The Morgan fingerprint density at radius 2 is 1.64 bits per heavy atom. The van der Waals surface area contributed by atoms with Crippen molar-refractivity contribution < 1.29 is 19.0 Å². The first kappa shape index (κ1) is 28.6. The molecular formula is C31H54O4Si. The molecule has 1 unspecified atom stereocenters. The Kier molecular flexibility index (Phi) is 9.37. The van der Waals surface area contributed by atoms with E-state index in [1.165, 1.54) is 57.8 Å². The molecule has 6 atom stereocenters. The van der Waals surface area contributed by atoms with E-state index in [4.69, 9.17) is 13.9 Å². The van der Waals surface area contributed by atoms with E-state index in [9.17, 15) is 5.11 Å². The predicted molar refractivity (Wildman–Crippen MR) is 149 cm³/mol. The standard InChI is InChI=1S/C31H54O4Si/c1-7-8-16-25-29-24(27(32)19-18-26(29)31(25)33-21-22-34-31)17-20-28(35-36(5,6)30(2,3)4)23-14-12-10-9-11-13-15-23/h23-29,32H,7-16,18-19,21-22H2,1-6H3/t24-,25?,26-,27+,28-,29-/m1/s1. The minimum atomic E-state index is -1.96. The largest absolute Gasteiger partial charge is 0.403 e. The molecule has 1 spiro atoms. The Hall–Kier alpha value is -0.383. The molecule has 1 aliphatic heterocycles. The van der Waals surface area contributed by atoms with Crippen LogP contribution in [0.25, 0.3) is 0 Å². The Balaban J connectivity index is 1.60. The van der Waals surface area contributed by atoms with Gasteiger partial charge < -0.3 is 19.0 Å². The van der Waals surface area contributed by atoms with Gasteiger partial charge in [0.2, 0.25) is 0 Å². The average Bonchev–Trinajstić information content (AvgIpc) is 3.29. The summed E-state index contributed by atoms with van der Waals surface area (Å²) in [5.41, 5.74) is 0. The monoisotopic (exact) mass is 518 g/mol. The SMILES string of the molecule is CCCCC1[C@H]2[C@H](C#C[C@@H](O[Si](C)(C)C(C)(C)C)C3CCCCCCC3)[C@@H](O)CC[C@H]2C12OCCO2. The number of fused-ring (bicyclic) bond motifs is 2. The molecule has 206 valence electrons. The lowest BCUT2D eigenvalue weighted by molar-refractivity contribution is -0.341. The van der Waals surface area contributed by atoms with Gasteiger partial charge in [-0.25, -0.2) is 0 Å². The van der Waals surface area contributed by atoms with Crippen LogP contribution in [0.15, 0.2) is 0 Å². The zero-order valence-electron chi connectivity index (χ0n) is 24.1. The fourth-order valence-corrected chi connectivity index (χ4v) is 8.48. The number of aliphatic hydroxyl groups is 1. The highest BCUT2D eigenvalue weighted by molar-refractivity contribution is 6.74. The van der Waals surface area contributed by atoms with Gasteiger partial charge in [-0.15, -0.1) is 0 Å². The molecule has 5 heteroatoms. The summed E-state index contributed by atoms with van der Waals surface area (Å²) in [4.78, 5) is 0. The normalized spacial score (nSPS) is 34.1. The molecular weight excluding hydrogens is 464 g/mol. The van der Waals surface area contributed by atoms with Crippen LogP contribution in [0.3, 0.4) is 0 Å². The van der Waals surface area contributed by atoms with Crippen LogP contribution in [0.2, 0.25) is 18.1 Å². The Bertz CT molecular complexity index is 764. The molecule has 0 amide bonds. The van der Waals surface area contributed by atoms with Crippen molar-refractivity contribution in [3.63, 3.8) is 0 Å². The van der Waals surface area contributed by atoms with Gasteiger partial charge in [-0.2, -0.15) is 0 Å². The van der Waals surface area contributed by atoms with Gasteiger partial charge >= 0.3 is 0 Å². The molecule has 4 aliphatic rings. The van der Waals surface area contributed by atoms with Gasteiger partial charge in [-0.05, 0) is 62.1 Å². The Morgan fingerprint density at radius 3 is 2.25 bits per heavy atom. The Morgan fingerprint density at radius 1 is 1.00 bits per heavy atom. The second-order valence-electron chi connectivity index (χ2n) is 13.7. The van der Waals surface area contributed by atoms with Crippen molar-refractivity contribution >= 4 is 8.32 Å². The van der Waals surface area contributed by atoms with E-state index >= 15 is 0 Å². The first-order valence-electron chi connectivity index (χ1n) is 15.3. The highest BCUT2D eigenvalue weighted by atomic mass is 28.4. The second kappa shape index (κ2) is 11.8. The summed E-state index contributed by atoms with van der Waals surface area (Å²) < 4.78 is 19.7. The van der Waals surface area contributed by atoms with Crippen molar-refractivity contribution in [1.82, 2.24) is 0 Å². The molecule has 3 saturated carbocycles. The molecule has 0 aromatic rings. The van der Waals surface area contributed by atoms with Gasteiger partial charge in [0.1, 0.15) is 6.10 Å². The van der Waals surface area contributed by atoms with Crippen LogP contribution < -0.4 is 0 Å². The third-order valence-electron chi connectivity index (χ3n) is 10.4. The molecule has 4 fully saturated rings. The molecule has 4 rings (SSSR count). The number of hydrogen-bond donors (Lipinski definition) is 1. The van der Waals surface area contributed by atoms with Crippen molar-refractivity contribution in [2.45, 2.75) is 141 Å². The lowest BCUT2D eigenvalue weighted by Gasteiger charge is -2.62. The molecule has 3 aliphatic carbocycles. The third-order valence-corrected chi connectivity index (χ3v) is 14.8. The topological polar surface area (TPSA) is 47.9 Å². The van der Waals surface area contributed by atoms with Gasteiger partial charge in [0, 0.05) is 11.8 Å². The van der Waals surface area contributed by atoms with Crippen molar-refractivity contribution in [2.24, 2.45) is 29.6 Å². The summed E-state index contributed by atoms with van der Waals surface area (Å²) in [5, 5.41) is 11.4. The third kappa shape index (κ3) is 5.79. The van der Waals surface area contributed by atoms with Crippen molar-refractivity contribution in [2.75, 3.05) is 13.2 Å². The summed E-state index contributed by atoms with van der Waals surface area (Å²) in [5.74, 6) is 8.63. The maximum absolute atomic E-state index is 11.2. The maximum Gasteiger partial charge on any atom is 0.193 e. The fourth-order valence-electron chi connectivity index (χ4n) is 7.24. The average molecular weight is 519 g/mol. The van der Waals surface area contributed by atoms with Crippen LogP contribution in [-0.4, -0.2) is 44.6 Å². The first-order chi connectivity index (χ1) is 17.1. The Labute approximate surface area is 222 Å². The van der Waals surface area contributed by atoms with E-state index in [1.807, 2.05) is 0 Å². The quantitative estimate of drug-likeness (QED) is 0.296. The smallest absolute Gasteiger partial charge is 0.193 e. The molecule has 0 bridgehead atoms. The van der Waals surface area contributed by atoms with E-state index in [2.05, 4.69) is 52.6 Å². The molecule has 0 radical (unpaired) electrons. The molecule has 1 saturated heterocycles. The van der Waals surface area contributed by atoms with Crippen molar-refractivity contribution in [3.8, 4) is 11.8 Å². The van der Waals surface area contributed by atoms with E-state index in [0.717, 1.165) is 19.3 Å². The van der Waals surface area contributed by atoms with Gasteiger partial charge in [-0.1, -0.05) is 84.5 Å². The lowest BCUT2D eigenvalue weighted by Crippen LogP contribution is -2.67. The van der Waals surface area contributed by atoms with E-state index < -0.39 is 14.1 Å². The number of aliphatic hydroxyl groups excluding tert-OH is 1. The molecule has 4 nitrogen and oxygen atoms in total. The summed E-state index contributed by atoms with van der Waals surface area (Å²) >= 11 is 0. The number of ether oxygens (including phenoxy) is 2. The lowest BCUT2D eigenvalue weighted by atomic mass is 9.49. The van der Waals surface area contributed by atoms with E-state index in [1.54, 1.807) is 0 Å². The summed E-state index contributed by atoms with van der Waals surface area (Å²) in [6.07, 6.45) is 13.9. The fraction of sp³-hybridized carbons (Fsp3) is 0.935. The van der Waals surface area contributed by atoms with E-state index in [-0.39, 0.29) is 23.2 Å². The molecule has 1 N–H and O–H groups in total. The molecule has 1 heterocycles. The summed E-state index contributed by atoms with van der Waals surface area (Å²) in [6.45, 7) is 15.4. The zero-order valence-corrected chi connectivity index (χ0v) is 25.1. The maximum atomic E-state index is 11.2. The minimum absolute atomic E-state index is 0.00287. The highest BCUT2D eigenvalue weighted by Gasteiger charge is 2.68. The molecule has 36 heavy (non-hydrogen) atoms. The van der Waals surface area contributed by atoms with Gasteiger partial charge in [-0.3, -0.25) is 0 Å². The van der Waals surface area contributed by atoms with Crippen LogP contribution in [0.4, 0.5) is 0 Å². The van der Waals surface area contributed by atoms with Crippen LogP contribution in [0.5, 0.6) is 0 Å². The van der Waals surface area contributed by atoms with Crippen LogP contribution in [-0.2, 0) is 13.9 Å². The predicted octanol–water partition coefficient (Wildman–Crippen LogP) is 7.31. The van der Waals surface area contributed by atoms with Gasteiger partial charge in [0.15, 0.2) is 14.1 Å². The number of unbranched alkanes of at least 4 members (excludes halogenated alkanes) is 1. The number of rotatable bonds is 6. The number of hydrogen-bond acceptors (Lipinski definition) is 4. The summed E-state index contributed by atoms with van der Waals surface area (Å²) in [6, 6.07) is 0. The summed E-state index contributed by atoms with van der Waals surface area (Å²) in [7, 11) is -1.96. The van der Waals surface area contributed by atoms with Crippen LogP contribution >= 0.6 is 0 Å². The van der Waals surface area contributed by atoms with Crippen molar-refractivity contribution in [3.05, 3.63) is 0 Å². The van der Waals surface area contributed by atoms with Crippen LogP contribution in [0.1, 0.15) is 105 Å². The highest BCUT2D eigenvalue weighted by Crippen LogP contribution is 2.63. The van der Waals surface area contributed by atoms with Crippen molar-refractivity contribution in [1.29, 1.82) is 0 Å². The van der Waals surface area contributed by atoms with Gasteiger partial charge in [0.25, 0.3) is 0 Å². The van der Waals surface area contributed by atoms with Gasteiger partial charge in [0.05, 0.1) is 25.2 Å². The molecule has 0 aromatic carbocycles. The second-order valence-corrected chi connectivity index (χ2v) is 18.5. The molecule has 0 aromatic heterocycles. The van der Waals surface area contributed by atoms with E-state index in [0.29, 0.717) is 36.9 Å². The first-order valence-corrected chi connectivity index (χ1v) is 18.2.